The summed E-state index contributed by atoms with van der Waals surface area (Å²) in [6.07, 6.45) is 4.20. The zero-order valence-electron chi connectivity index (χ0n) is 10.7. The van der Waals surface area contributed by atoms with Crippen molar-refractivity contribution in [2.75, 3.05) is 18.3 Å². The van der Waals surface area contributed by atoms with E-state index in [9.17, 15) is 8.42 Å². The predicted octanol–water partition coefficient (Wildman–Crippen LogP) is 0.952. The molecule has 0 radical (unpaired) electrons. The quantitative estimate of drug-likeness (QED) is 0.828. The first kappa shape index (κ1) is 14.8. The van der Waals surface area contributed by atoms with E-state index in [1.54, 1.807) is 16.8 Å². The number of pyridine rings is 1. The molecule has 0 aliphatic carbocycles. The Morgan fingerprint density at radius 3 is 2.95 bits per heavy atom. The fraction of sp³-hybridized carbons (Fsp3) is 0.273. The fourth-order valence-corrected chi connectivity index (χ4v) is 2.69. The summed E-state index contributed by atoms with van der Waals surface area (Å²) in [4.78, 5) is 3.95. The minimum absolute atomic E-state index is 0.0651. The molecule has 2 heterocycles. The maximum atomic E-state index is 12.2. The molecule has 7 nitrogen and oxygen atoms in total. The molecule has 0 amide bonds. The molecule has 20 heavy (non-hydrogen) atoms. The molecule has 0 atom stereocenters. The van der Waals surface area contributed by atoms with Crippen LogP contribution in [0.4, 0.5) is 5.82 Å². The van der Waals surface area contributed by atoms with Crippen molar-refractivity contribution in [3.05, 3.63) is 35.7 Å². The second-order valence-corrected chi connectivity index (χ2v) is 6.07. The van der Waals surface area contributed by atoms with Gasteiger partial charge in [-0.05, 0) is 19.2 Å². The molecule has 0 unspecified atom stereocenters. The first-order valence-electron chi connectivity index (χ1n) is 5.83. The second kappa shape index (κ2) is 6.21. The third-order valence-corrected chi connectivity index (χ3v) is 4.10. The van der Waals surface area contributed by atoms with Crippen LogP contribution in [-0.4, -0.2) is 36.8 Å². The van der Waals surface area contributed by atoms with Gasteiger partial charge in [0.25, 0.3) is 10.0 Å². The zero-order valence-corrected chi connectivity index (χ0v) is 12.3. The molecule has 0 aliphatic rings. The van der Waals surface area contributed by atoms with Crippen LogP contribution in [0.15, 0.2) is 35.6 Å². The zero-order chi connectivity index (χ0) is 14.6. The van der Waals surface area contributed by atoms with Crippen LogP contribution in [0.25, 0.3) is 0 Å². The van der Waals surface area contributed by atoms with Crippen LogP contribution >= 0.6 is 11.6 Å². The van der Waals surface area contributed by atoms with Crippen molar-refractivity contribution in [2.45, 2.75) is 11.4 Å². The number of aromatic nitrogens is 3. The van der Waals surface area contributed by atoms with E-state index >= 15 is 0 Å². The number of hydrogen-bond acceptors (Lipinski definition) is 5. The first-order valence-corrected chi connectivity index (χ1v) is 7.69. The highest BCUT2D eigenvalue weighted by molar-refractivity contribution is 7.92. The monoisotopic (exact) mass is 315 g/mol. The number of nitrogens with one attached hydrogen (secondary N) is 2. The highest BCUT2D eigenvalue weighted by Crippen LogP contribution is 2.21. The molecule has 9 heteroatoms. The normalized spacial score (nSPS) is 11.5. The molecular formula is C11H14ClN5O2S. The van der Waals surface area contributed by atoms with E-state index in [0.29, 0.717) is 13.1 Å². The third kappa shape index (κ3) is 3.47. The number of anilines is 1. The lowest BCUT2D eigenvalue weighted by atomic mass is 10.5. The lowest BCUT2D eigenvalue weighted by Crippen LogP contribution is -2.16. The third-order valence-electron chi connectivity index (χ3n) is 2.50. The van der Waals surface area contributed by atoms with Gasteiger partial charge >= 0.3 is 0 Å². The topological polar surface area (TPSA) is 88.9 Å². The Morgan fingerprint density at radius 1 is 1.45 bits per heavy atom. The maximum absolute atomic E-state index is 12.2. The molecular weight excluding hydrogens is 302 g/mol. The SMILES string of the molecule is CNCCn1cc(S(=O)(=O)Nc2ncccc2Cl)cn1. The lowest BCUT2D eigenvalue weighted by Gasteiger charge is -2.06. The Hall–Kier alpha value is -1.64. The van der Waals surface area contributed by atoms with Crippen LogP contribution < -0.4 is 10.0 Å². The van der Waals surface area contributed by atoms with Gasteiger partial charge in [0.05, 0.1) is 17.8 Å². The molecule has 2 rings (SSSR count). The van der Waals surface area contributed by atoms with Gasteiger partial charge in [-0.15, -0.1) is 0 Å². The van der Waals surface area contributed by atoms with Crippen LogP contribution in [0.2, 0.25) is 5.02 Å². The Bertz CT molecular complexity index is 686. The van der Waals surface area contributed by atoms with Gasteiger partial charge in [0, 0.05) is 18.9 Å². The van der Waals surface area contributed by atoms with Crippen molar-refractivity contribution in [1.82, 2.24) is 20.1 Å². The minimum atomic E-state index is -3.74. The molecule has 0 saturated heterocycles. The molecule has 2 N–H and O–H groups in total. The van der Waals surface area contributed by atoms with Crippen LogP contribution in [0, 0.1) is 0 Å². The Morgan fingerprint density at radius 2 is 2.25 bits per heavy atom. The van der Waals surface area contributed by atoms with Crippen molar-refractivity contribution in [3.8, 4) is 0 Å². The van der Waals surface area contributed by atoms with E-state index in [-0.39, 0.29) is 15.7 Å². The summed E-state index contributed by atoms with van der Waals surface area (Å²) in [6.45, 7) is 1.27. The second-order valence-electron chi connectivity index (χ2n) is 3.98. The van der Waals surface area contributed by atoms with Crippen LogP contribution in [0.5, 0.6) is 0 Å². The van der Waals surface area contributed by atoms with E-state index in [0.717, 1.165) is 0 Å². The van der Waals surface area contributed by atoms with Gasteiger partial charge in [0.15, 0.2) is 5.82 Å². The smallest absolute Gasteiger partial charge is 0.266 e. The van der Waals surface area contributed by atoms with Gasteiger partial charge in [0.2, 0.25) is 0 Å². The van der Waals surface area contributed by atoms with Crippen molar-refractivity contribution < 1.29 is 8.42 Å². The highest BCUT2D eigenvalue weighted by Gasteiger charge is 2.18. The van der Waals surface area contributed by atoms with Gasteiger partial charge in [-0.2, -0.15) is 5.10 Å². The van der Waals surface area contributed by atoms with Gasteiger partial charge in [-0.1, -0.05) is 11.6 Å². The highest BCUT2D eigenvalue weighted by atomic mass is 35.5. The van der Waals surface area contributed by atoms with Crippen molar-refractivity contribution in [1.29, 1.82) is 0 Å². The summed E-state index contributed by atoms with van der Waals surface area (Å²) >= 11 is 5.87. The molecule has 0 aromatic carbocycles. The molecule has 0 fully saturated rings. The molecule has 2 aromatic rings. The van der Waals surface area contributed by atoms with Gasteiger partial charge in [0.1, 0.15) is 4.90 Å². The number of rotatable bonds is 6. The standard InChI is InChI=1S/C11H14ClN5O2S/c1-13-5-6-17-8-9(7-15-17)20(18,19)16-11-10(12)3-2-4-14-11/h2-4,7-8,13H,5-6H2,1H3,(H,14,16). The molecule has 0 bridgehead atoms. The van der Waals surface area contributed by atoms with E-state index in [1.807, 2.05) is 7.05 Å². The molecule has 0 saturated carbocycles. The summed E-state index contributed by atoms with van der Waals surface area (Å²) < 4.78 is 28.2. The number of hydrogen-bond donors (Lipinski definition) is 2. The van der Waals surface area contributed by atoms with E-state index in [1.165, 1.54) is 18.6 Å². The largest absolute Gasteiger partial charge is 0.318 e. The summed E-state index contributed by atoms with van der Waals surface area (Å²) in [5.41, 5.74) is 0. The average molecular weight is 316 g/mol. The fourth-order valence-electron chi connectivity index (χ4n) is 1.48. The molecule has 2 aromatic heterocycles. The van der Waals surface area contributed by atoms with Crippen molar-refractivity contribution in [3.63, 3.8) is 0 Å². The number of halogens is 1. The van der Waals surface area contributed by atoms with Crippen LogP contribution in [0.3, 0.4) is 0 Å². The molecule has 0 spiro atoms. The van der Waals surface area contributed by atoms with Crippen LogP contribution in [0.1, 0.15) is 0 Å². The summed E-state index contributed by atoms with van der Waals surface area (Å²) in [5.74, 6) is 0.0946. The van der Waals surface area contributed by atoms with Crippen LogP contribution in [-0.2, 0) is 16.6 Å². The Kier molecular flexibility index (Phi) is 4.58. The lowest BCUT2D eigenvalue weighted by molar-refractivity contribution is 0.582. The summed E-state index contributed by atoms with van der Waals surface area (Å²) in [7, 11) is -1.93. The maximum Gasteiger partial charge on any atom is 0.266 e. The van der Waals surface area contributed by atoms with E-state index in [2.05, 4.69) is 20.1 Å². The number of likely N-dealkylation sites (N-methyl/N-ethyl adjacent to an activating group) is 1. The van der Waals surface area contributed by atoms with E-state index < -0.39 is 10.0 Å². The predicted molar refractivity (Wildman–Crippen MR) is 76.2 cm³/mol. The molecule has 108 valence electrons. The van der Waals surface area contributed by atoms with Gasteiger partial charge in [-0.25, -0.2) is 13.4 Å². The van der Waals surface area contributed by atoms with Gasteiger partial charge in [-0.3, -0.25) is 9.40 Å². The number of sulfonamides is 1. The Labute approximate surface area is 122 Å². The summed E-state index contributed by atoms with van der Waals surface area (Å²) in [5, 5.41) is 7.18. The van der Waals surface area contributed by atoms with Crippen molar-refractivity contribution in [2.24, 2.45) is 0 Å². The average Bonchev–Trinajstić information content (AvgIpc) is 2.88. The summed E-state index contributed by atoms with van der Waals surface area (Å²) in [6, 6.07) is 3.18. The Balaban J connectivity index is 2.18. The van der Waals surface area contributed by atoms with Crippen molar-refractivity contribution >= 4 is 27.4 Å². The minimum Gasteiger partial charge on any atom is -0.318 e. The first-order chi connectivity index (χ1) is 9.53. The number of nitrogens with zero attached hydrogens (tertiary/aromatic N) is 3. The van der Waals surface area contributed by atoms with Gasteiger partial charge < -0.3 is 5.32 Å². The molecule has 0 aliphatic heterocycles. The van der Waals surface area contributed by atoms with E-state index in [4.69, 9.17) is 11.6 Å².